The van der Waals surface area contributed by atoms with Crippen LogP contribution in [0.2, 0.25) is 0 Å². The number of imidazole rings is 4. The molecule has 484 valence electrons. The first-order chi connectivity index (χ1) is 51.7. The maximum absolute atomic E-state index is 8.04. The summed E-state index contributed by atoms with van der Waals surface area (Å²) in [5.74, 6) is 4.37. The molecule has 0 bridgehead atoms. The lowest BCUT2D eigenvalue weighted by Gasteiger charge is -2.04. The van der Waals surface area contributed by atoms with Crippen LogP contribution in [0.1, 0.15) is 26.4 Å². The molecule has 12 aromatic heterocycles. The minimum Gasteiger partial charge on any atom is -0.419 e. The van der Waals surface area contributed by atoms with Crippen LogP contribution < -0.4 is 18.3 Å². The minimum atomic E-state index is -2.24. The molecule has 0 atom stereocenters. The highest BCUT2D eigenvalue weighted by molar-refractivity contribution is 7.25. The summed E-state index contributed by atoms with van der Waals surface area (Å²) < 4.78 is 53.8. The van der Waals surface area contributed by atoms with Crippen LogP contribution in [-0.4, -0.2) is 47.3 Å². The topological polar surface area (TPSA) is 110 Å². The van der Waals surface area contributed by atoms with Crippen LogP contribution >= 0.6 is 11.3 Å². The van der Waals surface area contributed by atoms with Gasteiger partial charge in [-0.05, 0) is 121 Å². The number of hydrogen-bond acceptors (Lipinski definition) is 6. The van der Waals surface area contributed by atoms with E-state index in [0.29, 0.717) is 6.54 Å². The molecule has 16 heterocycles. The zero-order chi connectivity index (χ0) is 69.8. The highest BCUT2D eigenvalue weighted by Crippen LogP contribution is 2.43. The van der Waals surface area contributed by atoms with Crippen molar-refractivity contribution in [1.82, 2.24) is 47.3 Å². The fraction of sp³-hybridized carbons (Fsp3) is 0.0698. The normalized spacial score (nSPS) is 13.2. The molecule has 0 saturated carbocycles. The molecule has 0 N–H and O–H groups in total. The van der Waals surface area contributed by atoms with Gasteiger partial charge in [-0.25, -0.2) is 42.8 Å². The molecule has 4 aliphatic heterocycles. The Morgan fingerprint density at radius 1 is 0.343 bits per heavy atom. The molecule has 8 aromatic carbocycles. The number of pyridine rings is 4. The number of fused-ring (bicyclic) bond motifs is 28. The summed E-state index contributed by atoms with van der Waals surface area (Å²) in [6.07, 6.45) is 7.42. The summed E-state index contributed by atoms with van der Waals surface area (Å²) in [6, 6.07) is 92.1. The van der Waals surface area contributed by atoms with E-state index in [1.807, 2.05) is 110 Å². The average molecular weight is 1340 g/mol. The zero-order valence-corrected chi connectivity index (χ0v) is 55.9. The highest BCUT2D eigenvalue weighted by atomic mass is 32.1. The van der Waals surface area contributed by atoms with Crippen LogP contribution in [0, 0.1) is 0 Å². The molecule has 16 heteroatoms. The number of para-hydroxylation sites is 7. The van der Waals surface area contributed by atoms with Crippen LogP contribution in [0.4, 0.5) is 0 Å². The molecule has 0 saturated heterocycles. The second-order valence-corrected chi connectivity index (χ2v) is 27.2. The third kappa shape index (κ3) is 8.47. The monoisotopic (exact) mass is 1340 g/mol. The van der Waals surface area contributed by atoms with Crippen molar-refractivity contribution >= 4 is 98.1 Å². The number of furan rings is 1. The number of hydrogen-bond donors (Lipinski definition) is 0. The van der Waals surface area contributed by atoms with Gasteiger partial charge >= 0.3 is 17.4 Å². The predicted molar refractivity (Wildman–Crippen MR) is 401 cm³/mol. The Bertz CT molecular complexity index is 6720. The summed E-state index contributed by atoms with van der Waals surface area (Å²) >= 11 is 1.87. The minimum absolute atomic E-state index is 0.641. The van der Waals surface area contributed by atoms with Gasteiger partial charge in [-0.15, -0.1) is 0 Å². The van der Waals surface area contributed by atoms with Gasteiger partial charge in [0.1, 0.15) is 63.8 Å². The Morgan fingerprint density at radius 3 is 1.32 bits per heavy atom. The Kier molecular flexibility index (Phi) is 12.2. The van der Waals surface area contributed by atoms with Gasteiger partial charge in [-0.2, -0.15) is 13.7 Å². The van der Waals surface area contributed by atoms with E-state index >= 15 is 0 Å². The van der Waals surface area contributed by atoms with Crippen molar-refractivity contribution < 1.29 is 26.8 Å². The molecule has 24 rings (SSSR count). The van der Waals surface area contributed by atoms with Gasteiger partial charge in [-0.1, -0.05) is 157 Å². The number of rotatable bonds is 4. The molecule has 4 aliphatic rings. The lowest BCUT2D eigenvalue weighted by molar-refractivity contribution is -0.652. The van der Waals surface area contributed by atoms with E-state index in [1.165, 1.54) is 75.3 Å². The van der Waals surface area contributed by atoms with Gasteiger partial charge in [-0.3, -0.25) is 9.13 Å². The highest BCUT2D eigenvalue weighted by Gasteiger charge is 2.43. The first-order valence-corrected chi connectivity index (χ1v) is 35.1. The quantitative estimate of drug-likeness (QED) is 0.163. The third-order valence-corrected chi connectivity index (χ3v) is 21.7. The van der Waals surface area contributed by atoms with Crippen LogP contribution in [0.5, 0.6) is 0 Å². The first kappa shape index (κ1) is 54.8. The molecular formula is C86H62N14OS+4. The van der Waals surface area contributed by atoms with E-state index in [2.05, 4.69) is 245 Å². The van der Waals surface area contributed by atoms with Crippen molar-refractivity contribution in [3.05, 3.63) is 314 Å². The molecule has 15 nitrogen and oxygen atoms in total. The fourth-order valence-corrected chi connectivity index (χ4v) is 17.5. The first-order valence-electron chi connectivity index (χ1n) is 35.7. The molecule has 0 radical (unpaired) electrons. The van der Waals surface area contributed by atoms with E-state index in [0.717, 1.165) is 127 Å². The number of benzene rings is 8. The smallest absolute Gasteiger partial charge is 0.340 e. The molecule has 0 amide bonds. The number of aryl methyl sites for hydroxylation is 2. The van der Waals surface area contributed by atoms with Crippen molar-refractivity contribution in [2.75, 3.05) is 0 Å². The Hall–Kier alpha value is -13.2. The fourth-order valence-electron chi connectivity index (χ4n) is 16.3. The van der Waals surface area contributed by atoms with Gasteiger partial charge in [0.15, 0.2) is 27.9 Å². The summed E-state index contributed by atoms with van der Waals surface area (Å²) in [5, 5.41) is 4.63. The molecule has 20 aromatic rings. The van der Waals surface area contributed by atoms with Crippen LogP contribution in [0.25, 0.3) is 156 Å². The largest absolute Gasteiger partial charge is 0.419 e. The summed E-state index contributed by atoms with van der Waals surface area (Å²) in [7, 11) is 1.98. The lowest BCUT2D eigenvalue weighted by atomic mass is 10.2. The van der Waals surface area contributed by atoms with Crippen molar-refractivity contribution in [1.29, 1.82) is 0 Å². The molecule has 0 fully saturated rings. The second-order valence-electron chi connectivity index (χ2n) is 26.1. The van der Waals surface area contributed by atoms with Gasteiger partial charge in [0, 0.05) is 57.1 Å². The summed E-state index contributed by atoms with van der Waals surface area (Å²) in [5.41, 5.74) is 23.9. The van der Waals surface area contributed by atoms with E-state index in [-0.39, 0.29) is 0 Å². The van der Waals surface area contributed by atoms with E-state index < -0.39 is 6.98 Å². The molecule has 0 unspecified atom stereocenters. The summed E-state index contributed by atoms with van der Waals surface area (Å²) in [6.45, 7) is 0.891. The van der Waals surface area contributed by atoms with E-state index in [1.54, 1.807) is 6.20 Å². The molecule has 0 spiro atoms. The van der Waals surface area contributed by atoms with Crippen molar-refractivity contribution in [2.45, 2.75) is 26.2 Å². The standard InChI is InChI=1S/C27H19N4.C21H14N3O.C21H14N3S.C17H15N4/c1-3-11-20(12-4-1)30-23-16-8-7-15-22(23)25-27(30)29-18-19-10-9-17-28-24(19)26(29)31(25)21-13-5-2-6-14-21;2*1-2-8-15(9-3-1)24-19-16-10-4-5-11-17(16)25-21(19)23-13-14-7-6-12-22-18(14)20(23)24;1-19-13-8-4-3-7-12(13)15-17(19)21-10-11-6-5-9-18-14(11)16(21)20(15)2/h1-17H,18H2;2*1-12H,13H2;3-9H,10H2,1-2H3/q4*+1/i;;;1D3. The number of thiophene rings is 1. The zero-order valence-electron chi connectivity index (χ0n) is 58.1. The van der Waals surface area contributed by atoms with Crippen molar-refractivity contribution in [3.8, 4) is 68.8 Å². The average Bonchev–Trinajstić information content (AvgIpc) is 1.46. The van der Waals surface area contributed by atoms with Gasteiger partial charge in [0.25, 0.3) is 22.9 Å². The maximum atomic E-state index is 8.04. The van der Waals surface area contributed by atoms with Crippen LogP contribution in [-0.2, 0) is 40.2 Å². The Morgan fingerprint density at radius 2 is 0.755 bits per heavy atom. The lowest BCUT2D eigenvalue weighted by Crippen LogP contribution is -2.33. The Labute approximate surface area is 591 Å². The van der Waals surface area contributed by atoms with Crippen molar-refractivity contribution in [2.24, 2.45) is 14.0 Å². The van der Waals surface area contributed by atoms with E-state index in [4.69, 9.17) is 18.5 Å². The molecule has 102 heavy (non-hydrogen) atoms. The predicted octanol–water partition coefficient (Wildman–Crippen LogP) is 16.3. The Balaban J connectivity index is 0.0000000907. The third-order valence-electron chi connectivity index (χ3n) is 20.5. The van der Waals surface area contributed by atoms with Gasteiger partial charge < -0.3 is 4.42 Å². The number of aromatic nitrogens is 14. The number of nitrogens with zero attached hydrogens (tertiary/aromatic N) is 14. The molecular weight excluding hydrogens is 1280 g/mol. The second kappa shape index (κ2) is 22.7. The summed E-state index contributed by atoms with van der Waals surface area (Å²) in [4.78, 5) is 20.0. The van der Waals surface area contributed by atoms with Gasteiger partial charge in [0.2, 0.25) is 10.3 Å². The molecule has 0 aliphatic carbocycles. The van der Waals surface area contributed by atoms with E-state index in [9.17, 15) is 0 Å². The van der Waals surface area contributed by atoms with Crippen molar-refractivity contribution in [3.63, 3.8) is 0 Å². The van der Waals surface area contributed by atoms with Gasteiger partial charge in [0.05, 0.1) is 47.4 Å². The maximum Gasteiger partial charge on any atom is 0.340 e. The van der Waals surface area contributed by atoms with Crippen LogP contribution in [0.3, 0.4) is 0 Å². The van der Waals surface area contributed by atoms with Crippen LogP contribution in [0.15, 0.2) is 296 Å². The SMILES string of the molecule is [2H]C([2H])([2H])n1c2ccccc2c2c1[n+]1c(n2C)-c2ncccc2C1.c1ccc(-n2c3[n+](c4c2c2ccccc2n4-c2ccccc2)Cc2cccnc2-3)cc1.c1ccc(-n2c3[n+](c4oc5ccccc5c42)Cc2cccnc2-3)cc1.c1ccc(-n2c3[n+](c4sc5ccccc5c42)Cc2cccnc2-3)cc1.